The number of carbonyl (C=O) groups excluding carboxylic acids is 2. The molecular formula is C31H46O10. The Bertz CT molecular complexity index is 1060. The number of aliphatic hydroxyl groups is 3. The molecule has 0 aromatic rings. The lowest BCUT2D eigenvalue weighted by Crippen LogP contribution is -2.62. The van der Waals surface area contributed by atoms with E-state index in [1.165, 1.54) is 13.2 Å². The van der Waals surface area contributed by atoms with E-state index in [1.54, 1.807) is 6.92 Å². The molecule has 4 aliphatic carbocycles. The molecule has 0 aromatic carbocycles. The number of methoxy groups -OCH3 is 1. The molecule has 6 aliphatic rings. The quantitative estimate of drug-likeness (QED) is 0.244. The molecule has 230 valence electrons. The van der Waals surface area contributed by atoms with Crippen molar-refractivity contribution >= 4 is 12.4 Å². The zero-order valence-corrected chi connectivity index (χ0v) is 24.6. The molecule has 2 heterocycles. The van der Waals surface area contributed by atoms with Crippen LogP contribution in [-0.2, 0) is 33.3 Å². The highest BCUT2D eigenvalue weighted by Gasteiger charge is 2.71. The largest absolute Gasteiger partial charge is 0.464 e. The van der Waals surface area contributed by atoms with Gasteiger partial charge in [-0.15, -0.1) is 0 Å². The highest BCUT2D eigenvalue weighted by Crippen LogP contribution is 2.70. The van der Waals surface area contributed by atoms with Gasteiger partial charge in [-0.05, 0) is 80.6 Å². The predicted molar refractivity (Wildman–Crippen MR) is 144 cm³/mol. The third-order valence-electron chi connectivity index (χ3n) is 12.5. The third kappa shape index (κ3) is 4.42. The lowest BCUT2D eigenvalue weighted by atomic mass is 9.43. The Morgan fingerprint density at radius 3 is 2.54 bits per heavy atom. The summed E-state index contributed by atoms with van der Waals surface area (Å²) in [6.45, 7) is 6.91. The normalized spacial score (nSPS) is 53.0. The Labute approximate surface area is 241 Å². The highest BCUT2D eigenvalue weighted by atomic mass is 16.7. The van der Waals surface area contributed by atoms with Crippen LogP contribution >= 0.6 is 0 Å². The molecule has 10 nitrogen and oxygen atoms in total. The molecule has 6 rings (SSSR count). The molecule has 2 aliphatic heterocycles. The molecule has 0 spiro atoms. The molecule has 41 heavy (non-hydrogen) atoms. The summed E-state index contributed by atoms with van der Waals surface area (Å²) >= 11 is 0. The van der Waals surface area contributed by atoms with Crippen LogP contribution in [0.1, 0.15) is 72.1 Å². The maximum Gasteiger partial charge on any atom is 0.331 e. The average molecular weight is 579 g/mol. The minimum absolute atomic E-state index is 0.0230. The summed E-state index contributed by atoms with van der Waals surface area (Å²) in [5, 5.41) is 33.7. The van der Waals surface area contributed by atoms with Crippen LogP contribution in [0.5, 0.6) is 0 Å². The molecule has 0 amide bonds. The first-order valence-electron chi connectivity index (χ1n) is 15.4. The molecule has 5 fully saturated rings. The van der Waals surface area contributed by atoms with Crippen LogP contribution in [0, 0.1) is 34.5 Å². The Morgan fingerprint density at radius 2 is 1.85 bits per heavy atom. The highest BCUT2D eigenvalue weighted by molar-refractivity contribution is 5.85. The topological polar surface area (TPSA) is 141 Å². The van der Waals surface area contributed by atoms with Crippen molar-refractivity contribution in [3.63, 3.8) is 0 Å². The zero-order valence-electron chi connectivity index (χ0n) is 24.6. The monoisotopic (exact) mass is 578 g/mol. The van der Waals surface area contributed by atoms with Crippen molar-refractivity contribution in [2.24, 2.45) is 34.5 Å². The van der Waals surface area contributed by atoms with Gasteiger partial charge in [0.25, 0.3) is 6.47 Å². The molecule has 4 saturated carbocycles. The van der Waals surface area contributed by atoms with Crippen LogP contribution < -0.4 is 0 Å². The van der Waals surface area contributed by atoms with E-state index in [0.29, 0.717) is 24.7 Å². The smallest absolute Gasteiger partial charge is 0.331 e. The van der Waals surface area contributed by atoms with E-state index >= 15 is 0 Å². The number of fused-ring (bicyclic) bond motifs is 5. The summed E-state index contributed by atoms with van der Waals surface area (Å²) < 4.78 is 28.4. The summed E-state index contributed by atoms with van der Waals surface area (Å²) in [6.07, 6.45) is 3.37. The second-order valence-electron chi connectivity index (χ2n) is 14.1. The Balaban J connectivity index is 1.19. The summed E-state index contributed by atoms with van der Waals surface area (Å²) in [6, 6.07) is 0. The van der Waals surface area contributed by atoms with Crippen molar-refractivity contribution in [3.05, 3.63) is 11.6 Å². The molecule has 0 bridgehead atoms. The van der Waals surface area contributed by atoms with Gasteiger partial charge >= 0.3 is 5.97 Å². The SMILES string of the molecule is CO[C@H]1[C@@H](O)[C@@H](C)OC(O[C@H]2CC[C@@]3(C)[C@H](CC[C@@H]4[C@@H]3CC[C@]3(C)[C@@H](C5=CC(=O)OC5)[C@@H](OC=O)C[C@]43O)C2)[C@@H]1O. The van der Waals surface area contributed by atoms with Gasteiger partial charge in [0.2, 0.25) is 0 Å². The van der Waals surface area contributed by atoms with E-state index in [-0.39, 0.29) is 35.9 Å². The van der Waals surface area contributed by atoms with Crippen molar-refractivity contribution in [2.45, 2.75) is 121 Å². The molecule has 14 atom stereocenters. The van der Waals surface area contributed by atoms with Gasteiger partial charge in [-0.3, -0.25) is 4.79 Å². The number of esters is 1. The molecule has 0 aromatic heterocycles. The molecule has 1 unspecified atom stereocenters. The predicted octanol–water partition coefficient (Wildman–Crippen LogP) is 2.26. The van der Waals surface area contributed by atoms with Crippen LogP contribution in [-0.4, -0.2) is 90.0 Å². The number of aliphatic hydroxyl groups excluding tert-OH is 2. The summed E-state index contributed by atoms with van der Waals surface area (Å²) in [5.74, 6) is 0.156. The minimum atomic E-state index is -1.08. The number of ether oxygens (including phenoxy) is 5. The van der Waals surface area contributed by atoms with Crippen molar-refractivity contribution in [3.8, 4) is 0 Å². The van der Waals surface area contributed by atoms with Crippen LogP contribution in [0.25, 0.3) is 0 Å². The van der Waals surface area contributed by atoms with Gasteiger partial charge in [-0.2, -0.15) is 0 Å². The first kappa shape index (κ1) is 29.5. The Kier molecular flexibility index (Phi) is 7.60. The van der Waals surface area contributed by atoms with E-state index in [1.807, 2.05) is 0 Å². The van der Waals surface area contributed by atoms with Gasteiger partial charge in [-0.25, -0.2) is 4.79 Å². The van der Waals surface area contributed by atoms with E-state index in [0.717, 1.165) is 50.5 Å². The van der Waals surface area contributed by atoms with E-state index in [9.17, 15) is 24.9 Å². The zero-order chi connectivity index (χ0) is 29.3. The molecular weight excluding hydrogens is 532 g/mol. The molecule has 10 heteroatoms. The van der Waals surface area contributed by atoms with Crippen molar-refractivity contribution < 1.29 is 48.6 Å². The second-order valence-corrected chi connectivity index (χ2v) is 14.1. The van der Waals surface area contributed by atoms with Crippen molar-refractivity contribution in [1.29, 1.82) is 0 Å². The van der Waals surface area contributed by atoms with Crippen LogP contribution in [0.2, 0.25) is 0 Å². The van der Waals surface area contributed by atoms with Crippen molar-refractivity contribution in [1.82, 2.24) is 0 Å². The standard InChI is InChI=1S/C31H46O10/c1-16-25(34)27(37-4)26(35)28(40-16)41-19-7-9-29(2)18(12-19)5-6-21-20(29)8-10-30(3)24(17-11-23(33)38-14-17)22(39-15-32)13-31(21,30)36/h11,15-16,18-22,24-28,34-36H,5-10,12-14H2,1-4H3/t16-,18-,19+,20+,21-,22+,24+,25+,26-,27+,28?,29+,30-,31+/m1/s1. The maximum atomic E-state index is 12.6. The maximum absolute atomic E-state index is 12.6. The molecule has 3 N–H and O–H groups in total. The van der Waals surface area contributed by atoms with Gasteiger partial charge < -0.3 is 39.0 Å². The van der Waals surface area contributed by atoms with Gasteiger partial charge in [0.1, 0.15) is 31.0 Å². The van der Waals surface area contributed by atoms with Gasteiger partial charge in [0.05, 0.1) is 17.8 Å². The van der Waals surface area contributed by atoms with E-state index in [4.69, 9.17) is 23.7 Å². The molecule has 0 radical (unpaired) electrons. The van der Waals surface area contributed by atoms with Crippen LogP contribution in [0.4, 0.5) is 0 Å². The third-order valence-corrected chi connectivity index (χ3v) is 12.5. The summed E-state index contributed by atoms with van der Waals surface area (Å²) in [5.41, 5.74) is -0.705. The van der Waals surface area contributed by atoms with Gasteiger partial charge in [0.15, 0.2) is 6.29 Å². The number of cyclic esters (lactones) is 1. The van der Waals surface area contributed by atoms with Crippen molar-refractivity contribution in [2.75, 3.05) is 13.7 Å². The van der Waals surface area contributed by atoms with E-state index in [2.05, 4.69) is 13.8 Å². The van der Waals surface area contributed by atoms with Crippen LogP contribution in [0.15, 0.2) is 11.6 Å². The fraction of sp³-hybridized carbons (Fsp3) is 0.871. The summed E-state index contributed by atoms with van der Waals surface area (Å²) in [7, 11) is 1.47. The molecule has 1 saturated heterocycles. The van der Waals surface area contributed by atoms with E-state index < -0.39 is 47.8 Å². The van der Waals surface area contributed by atoms with Gasteiger partial charge in [-0.1, -0.05) is 13.8 Å². The van der Waals surface area contributed by atoms with Gasteiger partial charge in [0, 0.05) is 30.9 Å². The van der Waals surface area contributed by atoms with Crippen LogP contribution in [0.3, 0.4) is 0 Å². The lowest BCUT2D eigenvalue weighted by Gasteiger charge is -2.63. The number of rotatable bonds is 6. The second kappa shape index (κ2) is 10.6. The minimum Gasteiger partial charge on any atom is -0.464 e. The fourth-order valence-corrected chi connectivity index (χ4v) is 10.3. The average Bonchev–Trinajstić information content (AvgIpc) is 3.45. The summed E-state index contributed by atoms with van der Waals surface area (Å²) in [4.78, 5) is 23.5. The Hall–Kier alpha value is -1.56. The fourth-order valence-electron chi connectivity index (χ4n) is 10.3. The number of carbonyl (C=O) groups is 2. The first-order valence-corrected chi connectivity index (χ1v) is 15.4. The Morgan fingerprint density at radius 1 is 1.07 bits per heavy atom. The first-order chi connectivity index (χ1) is 19.5. The number of hydrogen-bond acceptors (Lipinski definition) is 10. The number of hydrogen-bond donors (Lipinski definition) is 3. The lowest BCUT2D eigenvalue weighted by molar-refractivity contribution is -0.313.